The number of aliphatic hydroxyl groups excluding tert-OH is 1. The molecule has 35 heavy (non-hydrogen) atoms. The smallest absolute Gasteiger partial charge is 0.389 e. The fourth-order valence-corrected chi connectivity index (χ4v) is 5.72. The Balaban J connectivity index is 1.70. The molecule has 0 saturated carbocycles. The van der Waals surface area contributed by atoms with Crippen LogP contribution in [-0.2, 0) is 50.8 Å². The normalized spacial score (nSPS) is 12.7. The van der Waals surface area contributed by atoms with Crippen molar-refractivity contribution >= 4 is 48.5 Å². The van der Waals surface area contributed by atoms with E-state index in [-0.39, 0.29) is 31.8 Å². The van der Waals surface area contributed by atoms with Gasteiger partial charge in [0.1, 0.15) is 15.8 Å². The summed E-state index contributed by atoms with van der Waals surface area (Å²) in [7, 11) is -9.44. The number of nitrogens with two attached hydrogens (primary N) is 1. The number of hydrogen-bond acceptors (Lipinski definition) is 10. The van der Waals surface area contributed by atoms with E-state index in [9.17, 15) is 39.9 Å². The Morgan fingerprint density at radius 2 is 1.71 bits per heavy atom. The molecule has 0 bridgehead atoms. The lowest BCUT2D eigenvalue weighted by Crippen LogP contribution is -2.30. The first kappa shape index (κ1) is 27.3. The number of rotatable bonds is 10. The Bertz CT molecular complexity index is 1430. The van der Waals surface area contributed by atoms with E-state index in [2.05, 4.69) is 14.7 Å². The Morgan fingerprint density at radius 3 is 2.29 bits per heavy atom. The Kier molecular flexibility index (Phi) is 8.09. The number of ketones is 1. The standard InChI is InChI=1S/C18H17F3N4O6S4/c19-18(20,21)34(28,29)12-3-1-10(2-4-12)5-11(27)6-15-25-14(9-32-15)17-13(7-23-35(22,30)31)24-16(8-26)33-17/h1-4,9,23,26H,5-8H2,(H2,22,30,31). The first-order chi connectivity index (χ1) is 16.2. The summed E-state index contributed by atoms with van der Waals surface area (Å²) in [5.74, 6) is -0.311. The molecule has 4 N–H and O–H groups in total. The number of thiazole rings is 2. The highest BCUT2D eigenvalue weighted by Crippen LogP contribution is 2.32. The molecule has 3 rings (SSSR count). The summed E-state index contributed by atoms with van der Waals surface area (Å²) >= 11 is 2.25. The minimum absolute atomic E-state index is 0.0936. The number of nitrogens with one attached hydrogen (secondary N) is 1. The largest absolute Gasteiger partial charge is 0.501 e. The molecule has 3 aromatic rings. The van der Waals surface area contributed by atoms with Gasteiger partial charge in [-0.05, 0) is 17.7 Å². The average molecular weight is 571 g/mol. The molecule has 0 fully saturated rings. The van der Waals surface area contributed by atoms with Gasteiger partial charge in [-0.15, -0.1) is 22.7 Å². The number of sulfone groups is 1. The van der Waals surface area contributed by atoms with Crippen molar-refractivity contribution in [2.45, 2.75) is 36.4 Å². The van der Waals surface area contributed by atoms with Gasteiger partial charge in [0.25, 0.3) is 20.0 Å². The molecule has 0 aliphatic rings. The van der Waals surface area contributed by atoms with Crippen molar-refractivity contribution in [1.82, 2.24) is 14.7 Å². The zero-order valence-electron chi connectivity index (χ0n) is 17.4. The molecule has 0 aliphatic heterocycles. The fourth-order valence-electron chi connectivity index (χ4n) is 2.83. The van der Waals surface area contributed by atoms with Crippen LogP contribution in [0.3, 0.4) is 0 Å². The maximum absolute atomic E-state index is 12.6. The lowest BCUT2D eigenvalue weighted by Gasteiger charge is -2.08. The molecule has 2 heterocycles. The Labute approximate surface area is 205 Å². The molecule has 0 amide bonds. The van der Waals surface area contributed by atoms with Crippen LogP contribution in [0.15, 0.2) is 34.5 Å². The van der Waals surface area contributed by atoms with Crippen molar-refractivity contribution in [3.63, 3.8) is 0 Å². The lowest BCUT2D eigenvalue weighted by molar-refractivity contribution is -0.117. The summed E-state index contributed by atoms with van der Waals surface area (Å²) < 4.78 is 85.2. The lowest BCUT2D eigenvalue weighted by atomic mass is 10.1. The number of alkyl halides is 3. The maximum Gasteiger partial charge on any atom is 0.501 e. The number of carbonyl (C=O) groups is 1. The quantitative estimate of drug-likeness (QED) is 0.331. The van der Waals surface area contributed by atoms with Crippen LogP contribution in [0.25, 0.3) is 10.6 Å². The van der Waals surface area contributed by atoms with Crippen molar-refractivity contribution < 1.29 is 39.9 Å². The van der Waals surface area contributed by atoms with Crippen molar-refractivity contribution in [2.24, 2.45) is 5.14 Å². The molecule has 10 nitrogen and oxygen atoms in total. The molecule has 0 aliphatic carbocycles. The van der Waals surface area contributed by atoms with E-state index in [1.807, 2.05) is 0 Å². The Morgan fingerprint density at radius 1 is 1.06 bits per heavy atom. The van der Waals surface area contributed by atoms with Gasteiger partial charge in [-0.25, -0.2) is 23.5 Å². The van der Waals surface area contributed by atoms with E-state index in [0.29, 0.717) is 31.8 Å². The summed E-state index contributed by atoms with van der Waals surface area (Å²) in [6.45, 7) is -0.595. The van der Waals surface area contributed by atoms with Crippen LogP contribution >= 0.6 is 22.7 Å². The predicted octanol–water partition coefficient (Wildman–Crippen LogP) is 1.70. The van der Waals surface area contributed by atoms with E-state index in [0.717, 1.165) is 46.9 Å². The number of Topliss-reactive ketones (excluding diaryl/α,β-unsaturated/α-hetero) is 1. The van der Waals surface area contributed by atoms with Crippen molar-refractivity contribution in [3.05, 3.63) is 50.9 Å². The van der Waals surface area contributed by atoms with Gasteiger partial charge in [-0.3, -0.25) is 4.79 Å². The maximum atomic E-state index is 12.6. The average Bonchev–Trinajstić information content (AvgIpc) is 3.37. The van der Waals surface area contributed by atoms with Gasteiger partial charge in [-0.2, -0.15) is 26.3 Å². The molecule has 0 radical (unpaired) electrons. The molecular formula is C18H17F3N4O6S4. The SMILES string of the molecule is NS(=O)(=O)NCc1nc(CO)sc1-c1csc(CC(=O)Cc2ccc(S(=O)(=O)C(F)(F)F)cc2)n1. The highest BCUT2D eigenvalue weighted by atomic mass is 32.2. The van der Waals surface area contributed by atoms with Crippen LogP contribution < -0.4 is 9.86 Å². The number of hydrogen-bond donors (Lipinski definition) is 3. The van der Waals surface area contributed by atoms with Crippen LogP contribution in [0, 0.1) is 0 Å². The van der Waals surface area contributed by atoms with Gasteiger partial charge in [0.15, 0.2) is 0 Å². The number of halogens is 3. The van der Waals surface area contributed by atoms with E-state index in [4.69, 9.17) is 5.14 Å². The molecule has 0 spiro atoms. The Hall–Kier alpha value is -2.28. The first-order valence-electron chi connectivity index (χ1n) is 9.43. The molecule has 0 saturated heterocycles. The van der Waals surface area contributed by atoms with E-state index < -0.39 is 30.5 Å². The van der Waals surface area contributed by atoms with Gasteiger partial charge in [0, 0.05) is 11.8 Å². The second-order valence-electron chi connectivity index (χ2n) is 7.02. The number of aromatic nitrogens is 2. The van der Waals surface area contributed by atoms with E-state index in [1.165, 1.54) is 0 Å². The fraction of sp³-hybridized carbons (Fsp3) is 0.278. The number of aliphatic hydroxyl groups is 1. The minimum atomic E-state index is -5.47. The van der Waals surface area contributed by atoms with Crippen molar-refractivity contribution in [1.29, 1.82) is 0 Å². The van der Waals surface area contributed by atoms with Gasteiger partial charge in [-0.1, -0.05) is 12.1 Å². The number of benzene rings is 1. The monoisotopic (exact) mass is 570 g/mol. The molecule has 1 aromatic carbocycles. The first-order valence-corrected chi connectivity index (χ1v) is 14.2. The summed E-state index contributed by atoms with van der Waals surface area (Å²) in [4.78, 5) is 20.5. The van der Waals surface area contributed by atoms with Gasteiger partial charge in [0.2, 0.25) is 0 Å². The van der Waals surface area contributed by atoms with Crippen LogP contribution in [0.5, 0.6) is 0 Å². The second-order valence-corrected chi connectivity index (χ2v) is 12.4. The van der Waals surface area contributed by atoms with E-state index >= 15 is 0 Å². The molecule has 0 atom stereocenters. The number of nitrogens with zero attached hydrogens (tertiary/aromatic N) is 2. The summed E-state index contributed by atoms with van der Waals surface area (Å²) in [6, 6.07) is 3.88. The summed E-state index contributed by atoms with van der Waals surface area (Å²) in [5.41, 5.74) is -4.37. The molecule has 0 unspecified atom stereocenters. The van der Waals surface area contributed by atoms with Crippen LogP contribution in [0.1, 0.15) is 21.3 Å². The van der Waals surface area contributed by atoms with Crippen LogP contribution in [-0.4, -0.2) is 43.2 Å². The zero-order valence-corrected chi connectivity index (χ0v) is 20.7. The van der Waals surface area contributed by atoms with Crippen molar-refractivity contribution in [2.75, 3.05) is 0 Å². The predicted molar refractivity (Wildman–Crippen MR) is 121 cm³/mol. The van der Waals surface area contributed by atoms with Gasteiger partial charge >= 0.3 is 5.51 Å². The third kappa shape index (κ3) is 6.90. The summed E-state index contributed by atoms with van der Waals surface area (Å²) in [6.07, 6.45) is -0.246. The molecule has 17 heteroatoms. The van der Waals surface area contributed by atoms with Crippen LogP contribution in [0.2, 0.25) is 0 Å². The molecule has 190 valence electrons. The molecular weight excluding hydrogens is 553 g/mol. The topological polar surface area (TPSA) is 169 Å². The van der Waals surface area contributed by atoms with Gasteiger partial charge in [0.05, 0.1) is 40.7 Å². The highest BCUT2D eigenvalue weighted by Gasteiger charge is 2.46. The van der Waals surface area contributed by atoms with Crippen molar-refractivity contribution in [3.8, 4) is 10.6 Å². The number of carbonyl (C=O) groups excluding carboxylic acids is 1. The third-order valence-electron chi connectivity index (χ3n) is 4.39. The van der Waals surface area contributed by atoms with Crippen LogP contribution in [0.4, 0.5) is 13.2 Å². The third-order valence-corrected chi connectivity index (χ3v) is 8.39. The minimum Gasteiger partial charge on any atom is -0.389 e. The van der Waals surface area contributed by atoms with Gasteiger partial charge < -0.3 is 5.11 Å². The highest BCUT2D eigenvalue weighted by molar-refractivity contribution is 7.92. The zero-order chi connectivity index (χ0) is 26.0. The molecule has 2 aromatic heterocycles. The summed E-state index contributed by atoms with van der Waals surface area (Å²) in [5, 5.41) is 16.7. The second kappa shape index (κ2) is 10.4. The van der Waals surface area contributed by atoms with E-state index in [1.54, 1.807) is 5.38 Å².